The topological polar surface area (TPSA) is 130 Å². The van der Waals surface area contributed by atoms with E-state index < -0.39 is 31.4 Å². The third kappa shape index (κ3) is 11.2. The van der Waals surface area contributed by atoms with Gasteiger partial charge < -0.3 is 44.7 Å². The first-order valence-electron chi connectivity index (χ1n) is 7.25. The number of hydrogen-bond acceptors (Lipinski definition) is 9. The van der Waals surface area contributed by atoms with Crippen molar-refractivity contribution in [3.8, 4) is 0 Å². The largest absolute Gasteiger partial charge is 0.394 e. The van der Waals surface area contributed by atoms with Crippen molar-refractivity contribution in [3.05, 3.63) is 0 Å². The molecule has 22 heavy (non-hydrogen) atoms. The standard InChI is InChI=1S/C13H29NO8/c1-10(16)11(9-15)22-13(12(17)18)21-8-7-20-6-5-19-4-3-14-2/h10-18H,3-9H2,1-2H3. The minimum atomic E-state index is -1.89. The number of aliphatic hydroxyl groups is 4. The zero-order chi connectivity index (χ0) is 16.8. The number of rotatable bonds is 15. The lowest BCUT2D eigenvalue weighted by Gasteiger charge is -2.26. The van der Waals surface area contributed by atoms with Crippen LogP contribution in [0.2, 0.25) is 0 Å². The van der Waals surface area contributed by atoms with Gasteiger partial charge in [-0.3, -0.25) is 0 Å². The highest BCUT2D eigenvalue weighted by atomic mass is 16.7. The lowest BCUT2D eigenvalue weighted by atomic mass is 10.2. The van der Waals surface area contributed by atoms with Gasteiger partial charge in [-0.1, -0.05) is 0 Å². The third-order valence-corrected chi connectivity index (χ3v) is 2.65. The van der Waals surface area contributed by atoms with Gasteiger partial charge >= 0.3 is 0 Å². The van der Waals surface area contributed by atoms with Crippen molar-refractivity contribution in [1.29, 1.82) is 0 Å². The second-order valence-electron chi connectivity index (χ2n) is 4.58. The number of hydrogen-bond donors (Lipinski definition) is 5. The van der Waals surface area contributed by atoms with E-state index in [0.29, 0.717) is 19.8 Å². The molecule has 0 heterocycles. The minimum absolute atomic E-state index is 0.0662. The summed E-state index contributed by atoms with van der Waals surface area (Å²) in [6.07, 6.45) is -5.20. The van der Waals surface area contributed by atoms with Crippen molar-refractivity contribution in [2.45, 2.75) is 31.7 Å². The van der Waals surface area contributed by atoms with Crippen LogP contribution < -0.4 is 5.32 Å². The van der Waals surface area contributed by atoms with Crippen LogP contribution in [0, 0.1) is 0 Å². The number of likely N-dealkylation sites (N-methyl/N-ethyl adjacent to an activating group) is 1. The Morgan fingerprint density at radius 1 is 0.955 bits per heavy atom. The van der Waals surface area contributed by atoms with Gasteiger partial charge in [0, 0.05) is 6.54 Å². The first-order chi connectivity index (χ1) is 10.5. The monoisotopic (exact) mass is 327 g/mol. The van der Waals surface area contributed by atoms with Crippen LogP contribution in [0.25, 0.3) is 0 Å². The smallest absolute Gasteiger partial charge is 0.209 e. The molecule has 0 aromatic carbocycles. The second kappa shape index (κ2) is 14.2. The van der Waals surface area contributed by atoms with Crippen LogP contribution in [0.15, 0.2) is 0 Å². The Morgan fingerprint density at radius 3 is 2.05 bits per heavy atom. The molecule has 0 amide bonds. The van der Waals surface area contributed by atoms with E-state index in [1.807, 2.05) is 7.05 Å². The number of ether oxygens (including phenoxy) is 4. The summed E-state index contributed by atoms with van der Waals surface area (Å²) in [7, 11) is 1.84. The van der Waals surface area contributed by atoms with E-state index >= 15 is 0 Å². The average molecular weight is 327 g/mol. The van der Waals surface area contributed by atoms with Gasteiger partial charge in [-0.05, 0) is 14.0 Å². The molecule has 0 radical (unpaired) electrons. The van der Waals surface area contributed by atoms with Crippen molar-refractivity contribution in [2.75, 3.05) is 53.2 Å². The summed E-state index contributed by atoms with van der Waals surface area (Å²) in [6, 6.07) is 0. The number of aliphatic hydroxyl groups excluding tert-OH is 3. The van der Waals surface area contributed by atoms with Gasteiger partial charge in [-0.2, -0.15) is 0 Å². The zero-order valence-electron chi connectivity index (χ0n) is 13.2. The van der Waals surface area contributed by atoms with Crippen LogP contribution in [0.5, 0.6) is 0 Å². The van der Waals surface area contributed by atoms with Gasteiger partial charge in [0.25, 0.3) is 0 Å². The van der Waals surface area contributed by atoms with Gasteiger partial charge in [-0.25, -0.2) is 0 Å². The molecule has 0 aliphatic carbocycles. The summed E-state index contributed by atoms with van der Waals surface area (Å²) in [5.74, 6) is 0. The fourth-order valence-electron chi connectivity index (χ4n) is 1.40. The molecule has 0 aromatic heterocycles. The summed E-state index contributed by atoms with van der Waals surface area (Å²) in [5, 5.41) is 39.6. The molecule has 0 bridgehead atoms. The highest BCUT2D eigenvalue weighted by Gasteiger charge is 2.25. The third-order valence-electron chi connectivity index (χ3n) is 2.65. The molecule has 9 heteroatoms. The molecule has 0 spiro atoms. The van der Waals surface area contributed by atoms with Crippen molar-refractivity contribution in [3.63, 3.8) is 0 Å². The van der Waals surface area contributed by atoms with Crippen molar-refractivity contribution in [1.82, 2.24) is 5.32 Å². The molecular weight excluding hydrogens is 298 g/mol. The van der Waals surface area contributed by atoms with E-state index in [0.717, 1.165) is 6.54 Å². The Labute approximate surface area is 130 Å². The second-order valence-corrected chi connectivity index (χ2v) is 4.58. The van der Waals surface area contributed by atoms with E-state index in [4.69, 9.17) is 34.3 Å². The van der Waals surface area contributed by atoms with Gasteiger partial charge in [-0.15, -0.1) is 0 Å². The first kappa shape index (κ1) is 21.6. The Bertz CT molecular complexity index is 242. The SMILES string of the molecule is CNCCOCCOCCOC(OC(CO)C(C)O)C(O)O. The summed E-state index contributed by atoms with van der Waals surface area (Å²) in [4.78, 5) is 0. The Morgan fingerprint density at radius 2 is 1.55 bits per heavy atom. The quantitative estimate of drug-likeness (QED) is 0.166. The molecule has 3 atom stereocenters. The zero-order valence-corrected chi connectivity index (χ0v) is 13.2. The normalized spacial score (nSPS) is 16.0. The van der Waals surface area contributed by atoms with Crippen molar-refractivity contribution in [2.24, 2.45) is 0 Å². The molecule has 0 fully saturated rings. The molecule has 3 unspecified atom stereocenters. The predicted molar refractivity (Wildman–Crippen MR) is 77.2 cm³/mol. The Balaban J connectivity index is 3.74. The highest BCUT2D eigenvalue weighted by Crippen LogP contribution is 2.07. The average Bonchev–Trinajstić information content (AvgIpc) is 2.47. The van der Waals surface area contributed by atoms with E-state index in [1.54, 1.807) is 0 Å². The van der Waals surface area contributed by atoms with Crippen molar-refractivity contribution < 1.29 is 39.4 Å². The molecule has 0 aliphatic rings. The van der Waals surface area contributed by atoms with Crippen LogP contribution >= 0.6 is 0 Å². The summed E-state index contributed by atoms with van der Waals surface area (Å²) >= 11 is 0. The van der Waals surface area contributed by atoms with E-state index in [2.05, 4.69) is 5.32 Å². The highest BCUT2D eigenvalue weighted by molar-refractivity contribution is 4.64. The molecule has 0 aliphatic heterocycles. The maximum atomic E-state index is 9.33. The van der Waals surface area contributed by atoms with E-state index in [-0.39, 0.29) is 13.2 Å². The van der Waals surface area contributed by atoms with Crippen LogP contribution in [0.4, 0.5) is 0 Å². The molecule has 0 aromatic rings. The maximum absolute atomic E-state index is 9.33. The van der Waals surface area contributed by atoms with Crippen LogP contribution in [0.3, 0.4) is 0 Å². The molecule has 0 rings (SSSR count). The fraction of sp³-hybridized carbons (Fsp3) is 1.00. The molecule has 0 saturated carbocycles. The lowest BCUT2D eigenvalue weighted by Crippen LogP contribution is -2.41. The summed E-state index contributed by atoms with van der Waals surface area (Å²) in [5.41, 5.74) is 0. The summed E-state index contributed by atoms with van der Waals surface area (Å²) in [6.45, 7) is 3.46. The number of nitrogens with one attached hydrogen (secondary N) is 1. The fourth-order valence-corrected chi connectivity index (χ4v) is 1.40. The summed E-state index contributed by atoms with van der Waals surface area (Å²) < 4.78 is 20.7. The van der Waals surface area contributed by atoms with Crippen LogP contribution in [-0.4, -0.2) is 98.4 Å². The Hall–Kier alpha value is -0.360. The molecule has 0 saturated heterocycles. The van der Waals surface area contributed by atoms with E-state index in [9.17, 15) is 5.11 Å². The molecular formula is C13H29NO8. The first-order valence-corrected chi connectivity index (χ1v) is 7.25. The van der Waals surface area contributed by atoms with Gasteiger partial charge in [0.15, 0.2) is 0 Å². The van der Waals surface area contributed by atoms with Crippen LogP contribution in [0.1, 0.15) is 6.92 Å². The lowest BCUT2D eigenvalue weighted by molar-refractivity contribution is -0.282. The van der Waals surface area contributed by atoms with Gasteiger partial charge in [0.2, 0.25) is 12.6 Å². The Kier molecular flexibility index (Phi) is 14.0. The molecule has 134 valence electrons. The molecule has 9 nitrogen and oxygen atoms in total. The molecule has 5 N–H and O–H groups in total. The minimum Gasteiger partial charge on any atom is -0.394 e. The maximum Gasteiger partial charge on any atom is 0.209 e. The predicted octanol–water partition coefficient (Wildman–Crippen LogP) is -2.35. The van der Waals surface area contributed by atoms with Crippen molar-refractivity contribution >= 4 is 0 Å². The van der Waals surface area contributed by atoms with Gasteiger partial charge in [0.1, 0.15) is 6.10 Å². The van der Waals surface area contributed by atoms with Gasteiger partial charge in [0.05, 0.1) is 45.7 Å². The van der Waals surface area contributed by atoms with E-state index in [1.165, 1.54) is 6.92 Å². The van der Waals surface area contributed by atoms with Crippen LogP contribution in [-0.2, 0) is 18.9 Å².